The molecule has 0 amide bonds. The molecule has 1 aliphatic heterocycles. The van der Waals surface area contributed by atoms with Crippen LogP contribution in [-0.4, -0.2) is 44.8 Å². The second kappa shape index (κ2) is 4.10. The lowest BCUT2D eigenvalue weighted by atomic mass is 10.2. The molecule has 0 aliphatic carbocycles. The molecule has 0 spiro atoms. The van der Waals surface area contributed by atoms with E-state index in [1.165, 1.54) is 11.0 Å². The Morgan fingerprint density at radius 2 is 2.64 bits per heavy atom. The highest BCUT2D eigenvalue weighted by atomic mass is 32.2. The number of hydrogen-bond acceptors (Lipinski definition) is 5. The number of ketones is 1. The maximum atomic E-state index is 11.8. The van der Waals surface area contributed by atoms with Crippen LogP contribution in [0.1, 0.15) is 10.6 Å². The molecule has 0 radical (unpaired) electrons. The lowest BCUT2D eigenvalue weighted by Crippen LogP contribution is -2.33. The molecule has 1 unspecified atom stereocenters. The van der Waals surface area contributed by atoms with Crippen molar-refractivity contribution in [1.29, 1.82) is 0 Å². The maximum absolute atomic E-state index is 11.8. The van der Waals surface area contributed by atoms with Crippen molar-refractivity contribution in [3.05, 3.63) is 12.2 Å². The van der Waals surface area contributed by atoms with Gasteiger partial charge in [-0.2, -0.15) is 16.9 Å². The smallest absolute Gasteiger partial charge is 0.229 e. The number of nitrogens with zero attached hydrogens (tertiary/aromatic N) is 3. The highest BCUT2D eigenvalue weighted by molar-refractivity contribution is 7.99. The van der Waals surface area contributed by atoms with E-state index in [4.69, 9.17) is 4.74 Å². The van der Waals surface area contributed by atoms with Gasteiger partial charge in [0, 0.05) is 18.6 Å². The van der Waals surface area contributed by atoms with E-state index in [-0.39, 0.29) is 11.9 Å². The summed E-state index contributed by atoms with van der Waals surface area (Å²) in [5.74, 6) is 1.98. The van der Waals surface area contributed by atoms with Crippen molar-refractivity contribution in [2.24, 2.45) is 7.05 Å². The highest BCUT2D eigenvalue weighted by Gasteiger charge is 2.26. The molecule has 2 rings (SSSR count). The Kier molecular flexibility index (Phi) is 2.83. The number of aromatic nitrogens is 3. The third-order valence-electron chi connectivity index (χ3n) is 2.04. The van der Waals surface area contributed by atoms with Crippen molar-refractivity contribution in [2.75, 3.05) is 18.1 Å². The minimum atomic E-state index is -0.350. The van der Waals surface area contributed by atoms with Crippen LogP contribution < -0.4 is 0 Å². The predicted molar refractivity (Wildman–Crippen MR) is 52.4 cm³/mol. The van der Waals surface area contributed by atoms with Crippen molar-refractivity contribution in [3.63, 3.8) is 0 Å². The molecule has 0 saturated carbocycles. The lowest BCUT2D eigenvalue weighted by molar-refractivity contribution is 0.0505. The average Bonchev–Trinajstić information content (AvgIpc) is 2.65. The van der Waals surface area contributed by atoms with Gasteiger partial charge in [0.1, 0.15) is 12.4 Å². The first kappa shape index (κ1) is 9.67. The van der Waals surface area contributed by atoms with Crippen LogP contribution in [0.3, 0.4) is 0 Å². The van der Waals surface area contributed by atoms with Crippen LogP contribution in [-0.2, 0) is 11.8 Å². The molecule has 1 aromatic rings. The zero-order valence-corrected chi connectivity index (χ0v) is 8.66. The number of hydrogen-bond donors (Lipinski definition) is 0. The Morgan fingerprint density at radius 1 is 1.79 bits per heavy atom. The van der Waals surface area contributed by atoms with Gasteiger partial charge in [-0.15, -0.1) is 0 Å². The molecule has 5 nitrogen and oxygen atoms in total. The zero-order chi connectivity index (χ0) is 9.97. The van der Waals surface area contributed by atoms with Gasteiger partial charge < -0.3 is 4.74 Å². The fraction of sp³-hybridized carbons (Fsp3) is 0.625. The Hall–Kier alpha value is -0.880. The fourth-order valence-electron chi connectivity index (χ4n) is 1.30. The molecule has 1 aliphatic rings. The van der Waals surface area contributed by atoms with Crippen molar-refractivity contribution in [1.82, 2.24) is 14.8 Å². The first-order chi connectivity index (χ1) is 6.79. The average molecular weight is 213 g/mol. The summed E-state index contributed by atoms with van der Waals surface area (Å²) < 4.78 is 6.84. The summed E-state index contributed by atoms with van der Waals surface area (Å²) in [5.41, 5.74) is 0. The zero-order valence-electron chi connectivity index (χ0n) is 7.84. The van der Waals surface area contributed by atoms with Gasteiger partial charge in [0.25, 0.3) is 0 Å². The van der Waals surface area contributed by atoms with Gasteiger partial charge in [0.2, 0.25) is 5.78 Å². The van der Waals surface area contributed by atoms with Crippen molar-refractivity contribution in [3.8, 4) is 0 Å². The van der Waals surface area contributed by atoms with Gasteiger partial charge in [0.05, 0.1) is 6.61 Å². The molecule has 2 heterocycles. The molecule has 1 fully saturated rings. The maximum Gasteiger partial charge on any atom is 0.229 e. The molecule has 0 bridgehead atoms. The number of rotatable bonds is 2. The largest absolute Gasteiger partial charge is 0.368 e. The molecular formula is C8H11N3O2S. The molecule has 6 heteroatoms. The molecule has 1 saturated heterocycles. The summed E-state index contributed by atoms with van der Waals surface area (Å²) >= 11 is 1.73. The van der Waals surface area contributed by atoms with E-state index in [9.17, 15) is 4.79 Å². The summed E-state index contributed by atoms with van der Waals surface area (Å²) in [6.07, 6.45) is 1.03. The number of carbonyl (C=O) groups excluding carboxylic acids is 1. The number of carbonyl (C=O) groups is 1. The van der Waals surface area contributed by atoms with E-state index in [0.29, 0.717) is 18.2 Å². The Morgan fingerprint density at radius 3 is 3.21 bits per heavy atom. The fourth-order valence-corrected chi connectivity index (χ4v) is 2.14. The third-order valence-corrected chi connectivity index (χ3v) is 3.03. The first-order valence-electron chi connectivity index (χ1n) is 4.36. The summed E-state index contributed by atoms with van der Waals surface area (Å²) in [5, 5.41) is 3.85. The van der Waals surface area contributed by atoms with Crippen LogP contribution in [0.4, 0.5) is 0 Å². The molecular weight excluding hydrogens is 202 g/mol. The van der Waals surface area contributed by atoms with Crippen LogP contribution >= 0.6 is 11.8 Å². The highest BCUT2D eigenvalue weighted by Crippen LogP contribution is 2.15. The normalized spacial score (nSPS) is 22.2. The molecule has 0 N–H and O–H groups in total. The summed E-state index contributed by atoms with van der Waals surface area (Å²) in [7, 11) is 1.70. The summed E-state index contributed by atoms with van der Waals surface area (Å²) in [4.78, 5) is 15.7. The summed E-state index contributed by atoms with van der Waals surface area (Å²) in [6.45, 7) is 0.638. The van der Waals surface area contributed by atoms with Crippen LogP contribution in [0.15, 0.2) is 6.33 Å². The first-order valence-corrected chi connectivity index (χ1v) is 5.52. The van der Waals surface area contributed by atoms with Gasteiger partial charge in [-0.05, 0) is 0 Å². The van der Waals surface area contributed by atoms with Crippen molar-refractivity contribution in [2.45, 2.75) is 6.10 Å². The number of aryl methyl sites for hydroxylation is 1. The monoisotopic (exact) mass is 213 g/mol. The number of Topliss-reactive ketones (excluding diaryl/α,β-unsaturated/α-hetero) is 1. The van der Waals surface area contributed by atoms with Gasteiger partial charge in [-0.25, -0.2) is 9.67 Å². The van der Waals surface area contributed by atoms with Gasteiger partial charge >= 0.3 is 0 Å². The Bertz CT molecular complexity index is 333. The Labute approximate surface area is 85.8 Å². The Balaban J connectivity index is 2.11. The predicted octanol–water partition coefficient (Wildman–Crippen LogP) is 0.130. The van der Waals surface area contributed by atoms with Gasteiger partial charge in [0.15, 0.2) is 5.82 Å². The minimum absolute atomic E-state index is 0.0720. The SMILES string of the molecule is Cn1ncnc1C(=O)C1CSCCO1. The number of thioether (sulfide) groups is 1. The number of ether oxygens (including phenoxy) is 1. The van der Waals surface area contributed by atoms with E-state index in [0.717, 1.165) is 5.75 Å². The molecule has 0 aromatic carbocycles. The second-order valence-electron chi connectivity index (χ2n) is 3.01. The van der Waals surface area contributed by atoms with E-state index in [1.807, 2.05) is 0 Å². The molecule has 76 valence electrons. The molecule has 14 heavy (non-hydrogen) atoms. The third kappa shape index (κ3) is 1.80. The van der Waals surface area contributed by atoms with E-state index in [1.54, 1.807) is 18.8 Å². The van der Waals surface area contributed by atoms with Crippen LogP contribution in [0.25, 0.3) is 0 Å². The van der Waals surface area contributed by atoms with Gasteiger partial charge in [-0.3, -0.25) is 4.79 Å². The van der Waals surface area contributed by atoms with Gasteiger partial charge in [-0.1, -0.05) is 0 Å². The van der Waals surface area contributed by atoms with E-state index in [2.05, 4.69) is 10.1 Å². The molecule has 1 aromatic heterocycles. The van der Waals surface area contributed by atoms with Crippen LogP contribution in [0.2, 0.25) is 0 Å². The second-order valence-corrected chi connectivity index (χ2v) is 4.16. The van der Waals surface area contributed by atoms with Crippen molar-refractivity contribution >= 4 is 17.5 Å². The lowest BCUT2D eigenvalue weighted by Gasteiger charge is -2.20. The van der Waals surface area contributed by atoms with Crippen LogP contribution in [0.5, 0.6) is 0 Å². The van der Waals surface area contributed by atoms with E-state index < -0.39 is 0 Å². The standard InChI is InChI=1S/C8H11N3O2S/c1-11-8(9-5-10-11)7(12)6-4-14-3-2-13-6/h5-6H,2-4H2,1H3. The quantitative estimate of drug-likeness (QED) is 0.654. The summed E-state index contributed by atoms with van der Waals surface area (Å²) in [6, 6.07) is 0. The van der Waals surface area contributed by atoms with Crippen molar-refractivity contribution < 1.29 is 9.53 Å². The minimum Gasteiger partial charge on any atom is -0.368 e. The topological polar surface area (TPSA) is 57.0 Å². The van der Waals surface area contributed by atoms with Crippen LogP contribution in [0, 0.1) is 0 Å². The van der Waals surface area contributed by atoms with E-state index >= 15 is 0 Å². The molecule has 1 atom stereocenters.